The highest BCUT2D eigenvalue weighted by atomic mass is 19.3. The maximum atomic E-state index is 11.1. The summed E-state index contributed by atoms with van der Waals surface area (Å²) in [6.45, 7) is -2.75. The average Bonchev–Trinajstić information content (AvgIpc) is 1.66. The predicted octanol–water partition coefficient (Wildman–Crippen LogP) is 1.25. The van der Waals surface area contributed by atoms with Crippen molar-refractivity contribution < 1.29 is 13.5 Å². The molecule has 0 bridgehead atoms. The fourth-order valence-corrected chi connectivity index (χ4v) is 0.207. The van der Waals surface area contributed by atoms with Gasteiger partial charge >= 0.3 is 6.61 Å². The third-order valence-corrected chi connectivity index (χ3v) is 0.490. The molecule has 0 radical (unpaired) electrons. The normalized spacial score (nSPS) is 9.25. The Morgan fingerprint density at radius 2 is 2.25 bits per heavy atom. The lowest BCUT2D eigenvalue weighted by Gasteiger charge is -1.95. The molecule has 0 rings (SSSR count). The minimum absolute atomic E-state index is 0.0613. The smallest absolute Gasteiger partial charge is 0.322 e. The van der Waals surface area contributed by atoms with Gasteiger partial charge in [0.15, 0.2) is 0 Å². The van der Waals surface area contributed by atoms with E-state index in [1.165, 1.54) is 0 Å². The van der Waals surface area contributed by atoms with Crippen molar-refractivity contribution in [2.45, 2.75) is 13.0 Å². The molecule has 0 heterocycles. The summed E-state index contributed by atoms with van der Waals surface area (Å²) in [4.78, 5) is 0. The van der Waals surface area contributed by atoms with Crippen LogP contribution in [0.15, 0.2) is 0 Å². The van der Waals surface area contributed by atoms with Crippen LogP contribution >= 0.6 is 0 Å². The SMILES string of the molecule is C#CCCOC(F)F. The molecule has 0 atom stereocenters. The third kappa shape index (κ3) is 5.38. The highest BCUT2D eigenvalue weighted by Gasteiger charge is 1.97. The number of halogens is 2. The molecule has 0 unspecified atom stereocenters. The standard InChI is InChI=1S/C5H6F2O/c1-2-3-4-8-5(6)7/h1,5H,3-4H2. The molecule has 46 valence electrons. The third-order valence-electron chi connectivity index (χ3n) is 0.490. The Hall–Kier alpha value is -0.620. The molecule has 1 nitrogen and oxygen atoms in total. The molecule has 0 aliphatic carbocycles. The van der Waals surface area contributed by atoms with Crippen LogP contribution in [0.4, 0.5) is 8.78 Å². The Morgan fingerprint density at radius 3 is 2.62 bits per heavy atom. The van der Waals surface area contributed by atoms with Crippen LogP contribution in [0.3, 0.4) is 0 Å². The maximum Gasteiger partial charge on any atom is 0.345 e. The van der Waals surface area contributed by atoms with E-state index >= 15 is 0 Å². The van der Waals surface area contributed by atoms with E-state index in [0.29, 0.717) is 0 Å². The zero-order chi connectivity index (χ0) is 6.41. The molecule has 0 aromatic carbocycles. The number of hydrogen-bond donors (Lipinski definition) is 0. The second-order valence-corrected chi connectivity index (χ2v) is 1.09. The highest BCUT2D eigenvalue weighted by molar-refractivity contribution is 4.82. The molecule has 0 aromatic heterocycles. The molecule has 3 heteroatoms. The Morgan fingerprint density at radius 1 is 1.62 bits per heavy atom. The van der Waals surface area contributed by atoms with Crippen molar-refractivity contribution in [1.29, 1.82) is 0 Å². The van der Waals surface area contributed by atoms with Gasteiger partial charge in [-0.1, -0.05) is 0 Å². The van der Waals surface area contributed by atoms with Crippen molar-refractivity contribution in [1.82, 2.24) is 0 Å². The summed E-state index contributed by atoms with van der Waals surface area (Å²) in [5.41, 5.74) is 0. The van der Waals surface area contributed by atoms with Crippen LogP contribution in [-0.4, -0.2) is 13.2 Å². The van der Waals surface area contributed by atoms with Crippen LogP contribution < -0.4 is 0 Å². The van der Waals surface area contributed by atoms with Crippen LogP contribution in [0.5, 0.6) is 0 Å². The molecule has 0 saturated heterocycles. The summed E-state index contributed by atoms with van der Waals surface area (Å²) in [6.07, 6.45) is 4.98. The van der Waals surface area contributed by atoms with E-state index < -0.39 is 6.61 Å². The lowest BCUT2D eigenvalue weighted by Crippen LogP contribution is -1.99. The first-order valence-electron chi connectivity index (χ1n) is 2.10. The van der Waals surface area contributed by atoms with Gasteiger partial charge in [-0.05, 0) is 0 Å². The van der Waals surface area contributed by atoms with Crippen molar-refractivity contribution in [3.05, 3.63) is 0 Å². The van der Waals surface area contributed by atoms with Crippen molar-refractivity contribution >= 4 is 0 Å². The van der Waals surface area contributed by atoms with Crippen molar-refractivity contribution in [3.8, 4) is 12.3 Å². The molecular weight excluding hydrogens is 114 g/mol. The topological polar surface area (TPSA) is 9.23 Å². The summed E-state index contributed by atoms with van der Waals surface area (Å²) in [5.74, 6) is 2.16. The quantitative estimate of drug-likeness (QED) is 0.402. The summed E-state index contributed by atoms with van der Waals surface area (Å²) in [5, 5.41) is 0. The van der Waals surface area contributed by atoms with Crippen molar-refractivity contribution in [3.63, 3.8) is 0 Å². The van der Waals surface area contributed by atoms with Gasteiger partial charge in [0.1, 0.15) is 0 Å². The van der Waals surface area contributed by atoms with Crippen LogP contribution in [0.2, 0.25) is 0 Å². The van der Waals surface area contributed by atoms with E-state index in [1.54, 1.807) is 0 Å². The molecule has 0 fully saturated rings. The Balaban J connectivity index is 2.85. The molecule has 0 N–H and O–H groups in total. The van der Waals surface area contributed by atoms with E-state index in [4.69, 9.17) is 6.42 Å². The first kappa shape index (κ1) is 7.38. The Bertz CT molecular complexity index is 84.9. The second-order valence-electron chi connectivity index (χ2n) is 1.09. The lowest BCUT2D eigenvalue weighted by molar-refractivity contribution is -0.126. The van der Waals surface area contributed by atoms with Gasteiger partial charge in [0.25, 0.3) is 0 Å². The van der Waals surface area contributed by atoms with E-state index in [0.717, 1.165) is 0 Å². The van der Waals surface area contributed by atoms with E-state index in [-0.39, 0.29) is 13.0 Å². The average molecular weight is 120 g/mol. The fourth-order valence-electron chi connectivity index (χ4n) is 0.207. The number of terminal acetylenes is 1. The number of rotatable bonds is 3. The number of ether oxygens (including phenoxy) is 1. The van der Waals surface area contributed by atoms with Gasteiger partial charge in [0.2, 0.25) is 0 Å². The molecule has 0 aromatic rings. The molecule has 0 amide bonds. The van der Waals surface area contributed by atoms with Gasteiger partial charge in [-0.3, -0.25) is 0 Å². The minimum Gasteiger partial charge on any atom is -0.322 e. The van der Waals surface area contributed by atoms with Gasteiger partial charge < -0.3 is 4.74 Å². The Labute approximate surface area is 46.6 Å². The monoisotopic (exact) mass is 120 g/mol. The van der Waals surface area contributed by atoms with Crippen LogP contribution in [0.25, 0.3) is 0 Å². The maximum absolute atomic E-state index is 11.1. The Kier molecular flexibility index (Phi) is 4.19. The number of alkyl halides is 2. The van der Waals surface area contributed by atoms with Crippen molar-refractivity contribution in [2.24, 2.45) is 0 Å². The first-order chi connectivity index (χ1) is 3.77. The summed E-state index contributed by atoms with van der Waals surface area (Å²) in [7, 11) is 0. The zero-order valence-corrected chi connectivity index (χ0v) is 4.23. The van der Waals surface area contributed by atoms with Gasteiger partial charge in [0.05, 0.1) is 6.61 Å². The molecule has 0 aliphatic heterocycles. The zero-order valence-electron chi connectivity index (χ0n) is 4.23. The predicted molar refractivity (Wildman–Crippen MR) is 25.4 cm³/mol. The lowest BCUT2D eigenvalue weighted by atomic mass is 10.5. The van der Waals surface area contributed by atoms with Crippen LogP contribution in [0, 0.1) is 12.3 Å². The van der Waals surface area contributed by atoms with E-state index in [9.17, 15) is 8.78 Å². The van der Waals surface area contributed by atoms with Crippen LogP contribution in [-0.2, 0) is 4.74 Å². The van der Waals surface area contributed by atoms with Gasteiger partial charge in [-0.15, -0.1) is 12.3 Å². The molecule has 0 saturated carbocycles. The van der Waals surface area contributed by atoms with Gasteiger partial charge in [-0.25, -0.2) is 0 Å². The van der Waals surface area contributed by atoms with Crippen molar-refractivity contribution in [2.75, 3.05) is 6.61 Å². The summed E-state index contributed by atoms with van der Waals surface area (Å²) >= 11 is 0. The van der Waals surface area contributed by atoms with Gasteiger partial charge in [0, 0.05) is 6.42 Å². The first-order valence-corrected chi connectivity index (χ1v) is 2.10. The minimum atomic E-state index is -2.69. The van der Waals surface area contributed by atoms with Gasteiger partial charge in [-0.2, -0.15) is 8.78 Å². The van der Waals surface area contributed by atoms with E-state index in [2.05, 4.69) is 10.7 Å². The molecule has 0 aliphatic rings. The van der Waals surface area contributed by atoms with E-state index in [1.807, 2.05) is 0 Å². The largest absolute Gasteiger partial charge is 0.345 e. The number of hydrogen-bond acceptors (Lipinski definition) is 1. The fraction of sp³-hybridized carbons (Fsp3) is 0.600. The summed E-state index contributed by atoms with van der Waals surface area (Å²) in [6, 6.07) is 0. The highest BCUT2D eigenvalue weighted by Crippen LogP contribution is 1.93. The van der Waals surface area contributed by atoms with Crippen LogP contribution in [0.1, 0.15) is 6.42 Å². The second kappa shape index (κ2) is 4.54. The molecule has 8 heavy (non-hydrogen) atoms. The molecule has 0 spiro atoms. The molecular formula is C5H6F2O. The summed E-state index contributed by atoms with van der Waals surface area (Å²) < 4.78 is 25.9.